The fourth-order valence-electron chi connectivity index (χ4n) is 1.81. The summed E-state index contributed by atoms with van der Waals surface area (Å²) in [6, 6.07) is 0. The van der Waals surface area contributed by atoms with Crippen molar-refractivity contribution in [3.63, 3.8) is 0 Å². The molecule has 9 heteroatoms. The van der Waals surface area contributed by atoms with Gasteiger partial charge in [0.1, 0.15) is 12.4 Å². The first-order valence-electron chi connectivity index (χ1n) is 6.84. The molecule has 0 radical (unpaired) electrons. The molecule has 1 aromatic heterocycles. The maximum absolute atomic E-state index is 11.9. The Hall–Kier alpha value is -2.13. The maximum atomic E-state index is 11.9. The minimum Gasteiger partial charge on any atom is -0.378 e. The molecule has 1 aromatic rings. The zero-order valence-electron chi connectivity index (χ0n) is 12.0. The SMILES string of the molecule is O=C1C=CC(=O)N1CCOCCn1cc(COCC[18F])nn1. The minimum absolute atomic E-state index is 0.0404. The Kier molecular flexibility index (Phi) is 6.16. The highest BCUT2D eigenvalue weighted by molar-refractivity contribution is 6.12. The summed E-state index contributed by atoms with van der Waals surface area (Å²) in [5.74, 6) is -0.634. The number of ether oxygens (including phenoxy) is 2. The molecule has 2 amide bonds. The molecule has 0 spiro atoms. The number of hydrogen-bond acceptors (Lipinski definition) is 6. The second-order valence-corrected chi connectivity index (χ2v) is 4.49. The highest BCUT2D eigenvalue weighted by Crippen LogP contribution is 2.02. The zero-order valence-corrected chi connectivity index (χ0v) is 12.0. The molecule has 0 bridgehead atoms. The van der Waals surface area contributed by atoms with Crippen LogP contribution in [0, 0.1) is 0 Å². The van der Waals surface area contributed by atoms with Crippen molar-refractivity contribution in [2.75, 3.05) is 33.0 Å². The highest BCUT2D eigenvalue weighted by Gasteiger charge is 2.22. The molecule has 0 saturated carbocycles. The molecule has 0 aliphatic carbocycles. The number of rotatable bonds is 10. The molecular formula is C13H17FN4O4. The van der Waals surface area contributed by atoms with Crippen LogP contribution in [0.1, 0.15) is 5.69 Å². The van der Waals surface area contributed by atoms with Crippen LogP contribution in [-0.2, 0) is 32.2 Å². The van der Waals surface area contributed by atoms with Gasteiger partial charge in [-0.05, 0) is 0 Å². The van der Waals surface area contributed by atoms with Gasteiger partial charge in [-0.1, -0.05) is 5.21 Å². The molecule has 0 fully saturated rings. The second kappa shape index (κ2) is 8.35. The molecule has 2 heterocycles. The lowest BCUT2D eigenvalue weighted by atomic mass is 10.5. The molecule has 22 heavy (non-hydrogen) atoms. The van der Waals surface area contributed by atoms with Gasteiger partial charge in [0, 0.05) is 12.2 Å². The van der Waals surface area contributed by atoms with Crippen LogP contribution in [0.15, 0.2) is 18.3 Å². The van der Waals surface area contributed by atoms with E-state index in [1.165, 1.54) is 12.2 Å². The van der Waals surface area contributed by atoms with Crippen LogP contribution in [0.25, 0.3) is 0 Å². The van der Waals surface area contributed by atoms with E-state index in [2.05, 4.69) is 10.3 Å². The van der Waals surface area contributed by atoms with Gasteiger partial charge in [0.2, 0.25) is 0 Å². The largest absolute Gasteiger partial charge is 0.378 e. The molecular weight excluding hydrogens is 294 g/mol. The molecule has 0 saturated heterocycles. The number of carbonyl (C=O) groups is 2. The highest BCUT2D eigenvalue weighted by atomic mass is 18.2. The van der Waals surface area contributed by atoms with Crippen LogP contribution in [-0.4, -0.2) is 64.7 Å². The predicted octanol–water partition coefficient (Wildman–Crippen LogP) is -0.294. The van der Waals surface area contributed by atoms with Crippen LogP contribution < -0.4 is 0 Å². The lowest BCUT2D eigenvalue weighted by Gasteiger charge is -2.13. The summed E-state index contributed by atoms with van der Waals surface area (Å²) in [7, 11) is 0. The second-order valence-electron chi connectivity index (χ2n) is 4.49. The first-order chi connectivity index (χ1) is 10.7. The van der Waals surface area contributed by atoms with Gasteiger partial charge in [0.25, 0.3) is 11.8 Å². The van der Waals surface area contributed by atoms with Crippen molar-refractivity contribution >= 4 is 11.8 Å². The van der Waals surface area contributed by atoms with E-state index in [4.69, 9.17) is 9.47 Å². The zero-order chi connectivity index (χ0) is 15.8. The summed E-state index contributed by atoms with van der Waals surface area (Å²) < 4.78 is 23.8. The quantitative estimate of drug-likeness (QED) is 0.436. The minimum atomic E-state index is -0.528. The predicted molar refractivity (Wildman–Crippen MR) is 72.3 cm³/mol. The van der Waals surface area contributed by atoms with E-state index in [0.29, 0.717) is 18.8 Å². The Morgan fingerprint density at radius 2 is 1.77 bits per heavy atom. The third-order valence-electron chi connectivity index (χ3n) is 2.88. The monoisotopic (exact) mass is 311 g/mol. The first-order valence-corrected chi connectivity index (χ1v) is 6.84. The third kappa shape index (κ3) is 4.71. The van der Waals surface area contributed by atoms with Gasteiger partial charge in [-0.25, -0.2) is 9.07 Å². The van der Waals surface area contributed by atoms with Crippen LogP contribution >= 0.6 is 0 Å². The number of amides is 2. The summed E-state index contributed by atoms with van der Waals surface area (Å²) in [4.78, 5) is 23.7. The molecule has 120 valence electrons. The summed E-state index contributed by atoms with van der Waals surface area (Å²) in [5, 5.41) is 7.75. The number of alkyl halides is 1. The van der Waals surface area contributed by atoms with Gasteiger partial charge in [-0.3, -0.25) is 14.5 Å². The van der Waals surface area contributed by atoms with Crippen molar-refractivity contribution in [2.24, 2.45) is 0 Å². The lowest BCUT2D eigenvalue weighted by molar-refractivity contribution is -0.137. The molecule has 0 N–H and O–H groups in total. The summed E-state index contributed by atoms with van der Waals surface area (Å²) in [5.41, 5.74) is 0.618. The average Bonchev–Trinajstić information content (AvgIpc) is 3.08. The summed E-state index contributed by atoms with van der Waals surface area (Å²) >= 11 is 0. The van der Waals surface area contributed by atoms with E-state index in [9.17, 15) is 14.0 Å². The molecule has 1 aliphatic heterocycles. The molecule has 0 atom stereocenters. The number of halogens is 1. The van der Waals surface area contributed by atoms with Crippen LogP contribution in [0.4, 0.5) is 4.39 Å². The van der Waals surface area contributed by atoms with E-state index in [0.717, 1.165) is 4.90 Å². The fourth-order valence-corrected chi connectivity index (χ4v) is 1.81. The molecule has 0 aromatic carbocycles. The number of aromatic nitrogens is 3. The van der Waals surface area contributed by atoms with Crippen LogP contribution in [0.3, 0.4) is 0 Å². The number of nitrogens with zero attached hydrogens (tertiary/aromatic N) is 4. The van der Waals surface area contributed by atoms with E-state index >= 15 is 0 Å². The molecule has 8 nitrogen and oxygen atoms in total. The molecule has 2 rings (SSSR count). The smallest absolute Gasteiger partial charge is 0.253 e. The number of hydrogen-bond donors (Lipinski definition) is 0. The van der Waals surface area contributed by atoms with Crippen molar-refractivity contribution in [1.29, 1.82) is 0 Å². The van der Waals surface area contributed by atoms with Crippen LogP contribution in [0.5, 0.6) is 0 Å². The van der Waals surface area contributed by atoms with Gasteiger partial charge in [-0.2, -0.15) is 0 Å². The van der Waals surface area contributed by atoms with Crippen molar-refractivity contribution in [3.05, 3.63) is 24.0 Å². The average molecular weight is 311 g/mol. The van der Waals surface area contributed by atoms with Gasteiger partial charge >= 0.3 is 0 Å². The standard InChI is InChI=1S/C13H17FN4O4/c14-3-6-22-10-11-9-17(16-15-11)4-7-21-8-5-18-12(19)1-2-13(18)20/h1-2,9H,3-8,10H2/i14-1. The van der Waals surface area contributed by atoms with Gasteiger partial charge in [-0.15, -0.1) is 5.10 Å². The Labute approximate surface area is 126 Å². The molecule has 1 aliphatic rings. The first kappa shape index (κ1) is 16.2. The van der Waals surface area contributed by atoms with Crippen molar-refractivity contribution < 1.29 is 23.5 Å². The summed E-state index contributed by atoms with van der Waals surface area (Å²) in [6.07, 6.45) is 4.17. The van der Waals surface area contributed by atoms with Crippen molar-refractivity contribution in [2.45, 2.75) is 13.2 Å². The Morgan fingerprint density at radius 1 is 1.05 bits per heavy atom. The Morgan fingerprint density at radius 3 is 2.50 bits per heavy atom. The van der Waals surface area contributed by atoms with E-state index in [-0.39, 0.29) is 38.2 Å². The van der Waals surface area contributed by atoms with Gasteiger partial charge < -0.3 is 9.47 Å². The van der Waals surface area contributed by atoms with Gasteiger partial charge in [0.15, 0.2) is 0 Å². The van der Waals surface area contributed by atoms with E-state index in [1.807, 2.05) is 0 Å². The topological polar surface area (TPSA) is 86.5 Å². The normalized spacial score (nSPS) is 14.3. The van der Waals surface area contributed by atoms with Crippen molar-refractivity contribution in [3.8, 4) is 0 Å². The number of imide groups is 1. The van der Waals surface area contributed by atoms with E-state index < -0.39 is 6.67 Å². The maximum Gasteiger partial charge on any atom is 0.253 e. The Balaban J connectivity index is 1.59. The van der Waals surface area contributed by atoms with E-state index in [1.54, 1.807) is 10.9 Å². The third-order valence-corrected chi connectivity index (χ3v) is 2.88. The fraction of sp³-hybridized carbons (Fsp3) is 0.538. The number of carbonyl (C=O) groups excluding carboxylic acids is 2. The van der Waals surface area contributed by atoms with Gasteiger partial charge in [0.05, 0.1) is 45.7 Å². The van der Waals surface area contributed by atoms with Crippen LogP contribution in [0.2, 0.25) is 0 Å². The summed E-state index contributed by atoms with van der Waals surface area (Å²) in [6.45, 7) is 1.08. The lowest BCUT2D eigenvalue weighted by Crippen LogP contribution is -2.33. The van der Waals surface area contributed by atoms with Crippen molar-refractivity contribution in [1.82, 2.24) is 19.9 Å². The Bertz CT molecular complexity index is 528. The molecule has 0 unspecified atom stereocenters.